The van der Waals surface area contributed by atoms with E-state index in [4.69, 9.17) is 0 Å². The van der Waals surface area contributed by atoms with Crippen LogP contribution in [0, 0.1) is 12.7 Å². The Morgan fingerprint density at radius 3 is 2.72 bits per heavy atom. The topological polar surface area (TPSA) is 30.2 Å². The second-order valence-corrected chi connectivity index (χ2v) is 4.25. The van der Waals surface area contributed by atoms with Gasteiger partial charge in [0.1, 0.15) is 11.6 Å². The third-order valence-electron chi connectivity index (χ3n) is 3.00. The predicted molar refractivity (Wildman–Crippen MR) is 66.9 cm³/mol. The second kappa shape index (κ2) is 4.22. The Morgan fingerprint density at radius 2 is 1.89 bits per heavy atom. The highest BCUT2D eigenvalue weighted by molar-refractivity contribution is 5.40. The number of aryl methyl sites for hydroxylation is 1. The number of aromatic nitrogens is 3. The van der Waals surface area contributed by atoms with Crippen LogP contribution in [0.3, 0.4) is 0 Å². The van der Waals surface area contributed by atoms with Crippen molar-refractivity contribution in [2.75, 3.05) is 0 Å². The molecule has 0 aliphatic rings. The molecule has 0 amide bonds. The molecule has 4 heteroatoms. The van der Waals surface area contributed by atoms with Crippen LogP contribution < -0.4 is 0 Å². The van der Waals surface area contributed by atoms with Gasteiger partial charge in [0.15, 0.2) is 5.65 Å². The van der Waals surface area contributed by atoms with Crippen LogP contribution in [-0.4, -0.2) is 14.6 Å². The van der Waals surface area contributed by atoms with Gasteiger partial charge in [0.25, 0.3) is 0 Å². The zero-order valence-electron chi connectivity index (χ0n) is 9.97. The van der Waals surface area contributed by atoms with Gasteiger partial charge >= 0.3 is 0 Å². The molecule has 3 nitrogen and oxygen atoms in total. The molecule has 2 aromatic heterocycles. The Labute approximate surface area is 104 Å². The van der Waals surface area contributed by atoms with Crippen molar-refractivity contribution < 1.29 is 4.39 Å². The summed E-state index contributed by atoms with van der Waals surface area (Å²) in [5.41, 5.74) is 2.47. The summed E-state index contributed by atoms with van der Waals surface area (Å²) in [7, 11) is 0. The van der Waals surface area contributed by atoms with Crippen LogP contribution in [0.15, 0.2) is 42.5 Å². The number of halogens is 1. The predicted octanol–water partition coefficient (Wildman–Crippen LogP) is 2.77. The fourth-order valence-electron chi connectivity index (χ4n) is 2.10. The molecule has 18 heavy (non-hydrogen) atoms. The van der Waals surface area contributed by atoms with Gasteiger partial charge in [-0.2, -0.15) is 0 Å². The van der Waals surface area contributed by atoms with Crippen molar-refractivity contribution in [1.29, 1.82) is 0 Å². The van der Waals surface area contributed by atoms with Crippen molar-refractivity contribution in [3.8, 4) is 0 Å². The van der Waals surface area contributed by atoms with Gasteiger partial charge in [0.05, 0.1) is 0 Å². The zero-order valence-corrected chi connectivity index (χ0v) is 9.97. The molecule has 90 valence electrons. The van der Waals surface area contributed by atoms with Gasteiger partial charge in [-0.3, -0.25) is 4.40 Å². The van der Waals surface area contributed by atoms with Crippen LogP contribution in [-0.2, 0) is 6.42 Å². The first-order chi connectivity index (χ1) is 8.75. The van der Waals surface area contributed by atoms with Crippen LogP contribution >= 0.6 is 0 Å². The van der Waals surface area contributed by atoms with Crippen LogP contribution in [0.4, 0.5) is 4.39 Å². The van der Waals surface area contributed by atoms with Crippen LogP contribution in [0.2, 0.25) is 0 Å². The number of rotatable bonds is 2. The summed E-state index contributed by atoms with van der Waals surface area (Å²) in [6.45, 7) is 1.99. The van der Waals surface area contributed by atoms with E-state index in [0.717, 1.165) is 17.2 Å². The molecule has 0 fully saturated rings. The lowest BCUT2D eigenvalue weighted by molar-refractivity contribution is 0.611. The number of pyridine rings is 1. The summed E-state index contributed by atoms with van der Waals surface area (Å²) in [4.78, 5) is 0. The van der Waals surface area contributed by atoms with E-state index in [-0.39, 0.29) is 5.82 Å². The summed E-state index contributed by atoms with van der Waals surface area (Å²) in [5, 5.41) is 8.23. The van der Waals surface area contributed by atoms with Crippen LogP contribution in [0.25, 0.3) is 5.65 Å². The fourth-order valence-corrected chi connectivity index (χ4v) is 2.10. The second-order valence-electron chi connectivity index (χ2n) is 4.25. The SMILES string of the molecule is Cc1cccc2nnc(Cc3ccccc3F)n12. The highest BCUT2D eigenvalue weighted by Crippen LogP contribution is 2.14. The first kappa shape index (κ1) is 10.9. The lowest BCUT2D eigenvalue weighted by atomic mass is 10.1. The summed E-state index contributed by atoms with van der Waals surface area (Å²) >= 11 is 0. The van der Waals surface area contributed by atoms with Gasteiger partial charge < -0.3 is 0 Å². The third-order valence-corrected chi connectivity index (χ3v) is 3.00. The third kappa shape index (κ3) is 1.76. The monoisotopic (exact) mass is 241 g/mol. The van der Waals surface area contributed by atoms with Crippen molar-refractivity contribution in [2.24, 2.45) is 0 Å². The molecule has 3 aromatic rings. The van der Waals surface area contributed by atoms with Crippen molar-refractivity contribution in [1.82, 2.24) is 14.6 Å². The summed E-state index contributed by atoms with van der Waals surface area (Å²) in [6, 6.07) is 12.6. The highest BCUT2D eigenvalue weighted by Gasteiger charge is 2.10. The molecule has 0 atom stereocenters. The number of fused-ring (bicyclic) bond motifs is 1. The summed E-state index contributed by atoms with van der Waals surface area (Å²) < 4.78 is 15.6. The average molecular weight is 241 g/mol. The standard InChI is InChI=1S/C14H12FN3/c1-10-5-4-8-13-16-17-14(18(10)13)9-11-6-2-3-7-12(11)15/h2-8H,9H2,1H3. The molecule has 0 aliphatic carbocycles. The molecule has 3 rings (SSSR count). The van der Waals surface area contributed by atoms with E-state index < -0.39 is 0 Å². The Morgan fingerprint density at radius 1 is 1.06 bits per heavy atom. The van der Waals surface area contributed by atoms with Crippen molar-refractivity contribution in [2.45, 2.75) is 13.3 Å². The number of hydrogen-bond acceptors (Lipinski definition) is 2. The van der Waals surface area contributed by atoms with Crippen molar-refractivity contribution in [3.05, 3.63) is 65.4 Å². The quantitative estimate of drug-likeness (QED) is 0.690. The Balaban J connectivity index is 2.09. The highest BCUT2D eigenvalue weighted by atomic mass is 19.1. The Hall–Kier alpha value is -2.23. The molecule has 2 heterocycles. The van der Waals surface area contributed by atoms with E-state index in [2.05, 4.69) is 10.2 Å². The molecular weight excluding hydrogens is 229 g/mol. The van der Waals surface area contributed by atoms with Gasteiger partial charge in [0, 0.05) is 12.1 Å². The van der Waals surface area contributed by atoms with Gasteiger partial charge in [-0.25, -0.2) is 4.39 Å². The van der Waals surface area contributed by atoms with Crippen molar-refractivity contribution >= 4 is 5.65 Å². The minimum atomic E-state index is -0.206. The fraction of sp³-hybridized carbons (Fsp3) is 0.143. The maximum absolute atomic E-state index is 13.6. The minimum absolute atomic E-state index is 0.206. The minimum Gasteiger partial charge on any atom is -0.283 e. The molecule has 0 saturated carbocycles. The summed E-state index contributed by atoms with van der Waals surface area (Å²) in [5.74, 6) is 0.552. The van der Waals surface area contributed by atoms with Gasteiger partial charge in [-0.15, -0.1) is 10.2 Å². The van der Waals surface area contributed by atoms with E-state index in [1.54, 1.807) is 12.1 Å². The molecular formula is C14H12FN3. The van der Waals surface area contributed by atoms with E-state index >= 15 is 0 Å². The normalized spacial score (nSPS) is 11.0. The smallest absolute Gasteiger partial charge is 0.160 e. The zero-order chi connectivity index (χ0) is 12.5. The molecule has 0 aliphatic heterocycles. The molecule has 0 spiro atoms. The van der Waals surface area contributed by atoms with E-state index in [0.29, 0.717) is 12.0 Å². The first-order valence-electron chi connectivity index (χ1n) is 5.79. The maximum Gasteiger partial charge on any atom is 0.160 e. The van der Waals surface area contributed by atoms with E-state index in [9.17, 15) is 4.39 Å². The molecule has 0 unspecified atom stereocenters. The molecule has 0 N–H and O–H groups in total. The average Bonchev–Trinajstić information content (AvgIpc) is 2.77. The van der Waals surface area contributed by atoms with Gasteiger partial charge in [-0.1, -0.05) is 24.3 Å². The largest absolute Gasteiger partial charge is 0.283 e. The Kier molecular flexibility index (Phi) is 2.55. The lowest BCUT2D eigenvalue weighted by Gasteiger charge is -2.04. The van der Waals surface area contributed by atoms with Crippen LogP contribution in [0.5, 0.6) is 0 Å². The molecule has 0 saturated heterocycles. The van der Waals surface area contributed by atoms with E-state index in [1.165, 1.54) is 6.07 Å². The van der Waals surface area contributed by atoms with E-state index in [1.807, 2.05) is 35.6 Å². The van der Waals surface area contributed by atoms with Gasteiger partial charge in [-0.05, 0) is 30.7 Å². The number of hydrogen-bond donors (Lipinski definition) is 0. The van der Waals surface area contributed by atoms with Crippen molar-refractivity contribution in [3.63, 3.8) is 0 Å². The first-order valence-corrected chi connectivity index (χ1v) is 5.79. The Bertz CT molecular complexity index is 703. The lowest BCUT2D eigenvalue weighted by Crippen LogP contribution is -2.00. The number of benzene rings is 1. The van der Waals surface area contributed by atoms with Crippen LogP contribution in [0.1, 0.15) is 17.1 Å². The molecule has 1 aromatic carbocycles. The van der Waals surface area contributed by atoms with Gasteiger partial charge in [0.2, 0.25) is 0 Å². The summed E-state index contributed by atoms with van der Waals surface area (Å²) in [6.07, 6.45) is 0.443. The molecule has 0 radical (unpaired) electrons. The maximum atomic E-state index is 13.6. The number of nitrogens with zero attached hydrogens (tertiary/aromatic N) is 3. The molecule has 0 bridgehead atoms.